The summed E-state index contributed by atoms with van der Waals surface area (Å²) in [6.07, 6.45) is 3.64. The largest absolute Gasteiger partial charge is 0.311 e. The van der Waals surface area contributed by atoms with Crippen molar-refractivity contribution < 1.29 is 0 Å². The lowest BCUT2D eigenvalue weighted by molar-refractivity contribution is 0.544. The highest BCUT2D eigenvalue weighted by molar-refractivity contribution is 8.00. The number of hydrogen-bond donors (Lipinski definition) is 1. The van der Waals surface area contributed by atoms with Crippen LogP contribution in [0.25, 0.3) is 5.65 Å². The van der Waals surface area contributed by atoms with Gasteiger partial charge in [-0.1, -0.05) is 19.9 Å². The Hall–Kier alpha value is -1.44. The second kappa shape index (κ2) is 6.55. The Morgan fingerprint density at radius 1 is 1.38 bits per heavy atom. The summed E-state index contributed by atoms with van der Waals surface area (Å²) in [5.74, 6) is 0.628. The van der Waals surface area contributed by atoms with Crippen molar-refractivity contribution in [3.05, 3.63) is 36.4 Å². The quantitative estimate of drug-likeness (QED) is 0.756. The van der Waals surface area contributed by atoms with Gasteiger partial charge >= 0.3 is 0 Å². The highest BCUT2D eigenvalue weighted by atomic mass is 32.2. The molecule has 0 aliphatic rings. The van der Waals surface area contributed by atoms with Crippen LogP contribution in [0.1, 0.15) is 19.5 Å². The minimum absolute atomic E-state index is 0.628. The zero-order chi connectivity index (χ0) is 14.7. The molecule has 0 aliphatic heterocycles. The molecule has 3 rings (SSSR count). The minimum Gasteiger partial charge on any atom is -0.311 e. The van der Waals surface area contributed by atoms with Gasteiger partial charge in [-0.25, -0.2) is 9.97 Å². The van der Waals surface area contributed by atoms with Crippen molar-refractivity contribution in [1.82, 2.24) is 24.1 Å². The predicted octanol–water partition coefficient (Wildman–Crippen LogP) is 3.08. The predicted molar refractivity (Wildman–Crippen MR) is 85.8 cm³/mol. The molecule has 3 heterocycles. The van der Waals surface area contributed by atoms with Gasteiger partial charge in [0.25, 0.3) is 0 Å². The number of nitrogens with one attached hydrogen (secondary N) is 1. The number of pyridine rings is 1. The molecule has 1 N–H and O–H groups in total. The van der Waals surface area contributed by atoms with Crippen molar-refractivity contribution in [2.24, 2.45) is 5.92 Å². The first kappa shape index (κ1) is 14.5. The molecular formula is C14H17N5S2. The van der Waals surface area contributed by atoms with Crippen LogP contribution in [0.2, 0.25) is 0 Å². The summed E-state index contributed by atoms with van der Waals surface area (Å²) < 4.78 is 7.10. The van der Waals surface area contributed by atoms with Crippen LogP contribution in [-0.2, 0) is 6.54 Å². The molecule has 110 valence electrons. The summed E-state index contributed by atoms with van der Waals surface area (Å²) in [7, 11) is 0. The molecule has 0 spiro atoms. The summed E-state index contributed by atoms with van der Waals surface area (Å²) in [5, 5.41) is 4.49. The van der Waals surface area contributed by atoms with Crippen LogP contribution in [0.5, 0.6) is 0 Å². The van der Waals surface area contributed by atoms with E-state index in [2.05, 4.69) is 39.1 Å². The molecular weight excluding hydrogens is 302 g/mol. The van der Waals surface area contributed by atoms with Gasteiger partial charge in [0, 0.05) is 12.7 Å². The van der Waals surface area contributed by atoms with Gasteiger partial charge in [0.05, 0.1) is 5.69 Å². The van der Waals surface area contributed by atoms with E-state index < -0.39 is 0 Å². The highest BCUT2D eigenvalue weighted by Gasteiger charge is 2.14. The molecule has 0 amide bonds. The topological polar surface area (TPSA) is 55.1 Å². The molecule has 7 heteroatoms. The van der Waals surface area contributed by atoms with Gasteiger partial charge in [0.15, 0.2) is 4.34 Å². The summed E-state index contributed by atoms with van der Waals surface area (Å²) in [6.45, 7) is 6.20. The highest BCUT2D eigenvalue weighted by Crippen LogP contribution is 2.30. The van der Waals surface area contributed by atoms with Gasteiger partial charge in [-0.05, 0) is 47.9 Å². The fraction of sp³-hybridized carbons (Fsp3) is 0.357. The third kappa shape index (κ3) is 3.42. The minimum atomic E-state index is 0.628. The van der Waals surface area contributed by atoms with Gasteiger partial charge in [-0.3, -0.25) is 0 Å². The second-order valence-electron chi connectivity index (χ2n) is 5.13. The Balaban J connectivity index is 1.89. The van der Waals surface area contributed by atoms with Crippen molar-refractivity contribution in [3.63, 3.8) is 0 Å². The Morgan fingerprint density at radius 2 is 2.29 bits per heavy atom. The average molecular weight is 319 g/mol. The molecule has 0 fully saturated rings. The van der Waals surface area contributed by atoms with Crippen LogP contribution in [-0.4, -0.2) is 25.3 Å². The van der Waals surface area contributed by atoms with Gasteiger partial charge in [-0.15, -0.1) is 0 Å². The van der Waals surface area contributed by atoms with Crippen molar-refractivity contribution in [2.45, 2.75) is 29.8 Å². The van der Waals surface area contributed by atoms with Crippen molar-refractivity contribution in [2.75, 3.05) is 6.54 Å². The SMILES string of the molecule is CC(C)CNCc1c(Sc2ncns2)nc2ccccn12. The maximum atomic E-state index is 4.71. The zero-order valence-electron chi connectivity index (χ0n) is 12.0. The lowest BCUT2D eigenvalue weighted by Crippen LogP contribution is -2.20. The number of fused-ring (bicyclic) bond motifs is 1. The first-order valence-corrected chi connectivity index (χ1v) is 8.44. The van der Waals surface area contributed by atoms with Gasteiger partial charge in [0.2, 0.25) is 0 Å². The van der Waals surface area contributed by atoms with Gasteiger partial charge in [0.1, 0.15) is 17.0 Å². The molecule has 0 saturated carbocycles. The summed E-state index contributed by atoms with van der Waals surface area (Å²) >= 11 is 2.98. The molecule has 3 aromatic rings. The molecule has 0 radical (unpaired) electrons. The van der Waals surface area contributed by atoms with E-state index >= 15 is 0 Å². The Bertz CT molecular complexity index is 705. The van der Waals surface area contributed by atoms with Crippen molar-refractivity contribution in [3.8, 4) is 0 Å². The summed E-state index contributed by atoms with van der Waals surface area (Å²) in [5.41, 5.74) is 2.14. The Kier molecular flexibility index (Phi) is 4.52. The second-order valence-corrected chi connectivity index (χ2v) is 7.14. The van der Waals surface area contributed by atoms with E-state index in [-0.39, 0.29) is 0 Å². The fourth-order valence-corrected chi connectivity index (χ4v) is 3.52. The number of nitrogens with zero attached hydrogens (tertiary/aromatic N) is 4. The van der Waals surface area contributed by atoms with E-state index in [1.165, 1.54) is 17.2 Å². The van der Waals surface area contributed by atoms with E-state index in [1.807, 2.05) is 18.2 Å². The van der Waals surface area contributed by atoms with E-state index in [4.69, 9.17) is 4.98 Å². The smallest absolute Gasteiger partial charge is 0.176 e. The van der Waals surface area contributed by atoms with E-state index in [9.17, 15) is 0 Å². The molecule has 0 aliphatic carbocycles. The van der Waals surface area contributed by atoms with Crippen molar-refractivity contribution >= 4 is 28.9 Å². The number of rotatable bonds is 6. The standard InChI is InChI=1S/C14H17N5S2/c1-10(2)7-15-8-11-13(20-14-16-9-17-21-14)18-12-5-3-4-6-19(11)12/h3-6,9-10,15H,7-8H2,1-2H3. The molecule has 0 aromatic carbocycles. The number of aromatic nitrogens is 4. The summed E-state index contributed by atoms with van der Waals surface area (Å²) in [6, 6.07) is 6.06. The number of hydrogen-bond acceptors (Lipinski definition) is 6. The Labute approximate surface area is 132 Å². The molecule has 0 atom stereocenters. The maximum absolute atomic E-state index is 4.71. The first-order chi connectivity index (χ1) is 10.2. The van der Waals surface area contributed by atoms with Crippen LogP contribution < -0.4 is 5.32 Å². The number of imidazole rings is 1. The van der Waals surface area contributed by atoms with Crippen LogP contribution in [0.4, 0.5) is 0 Å². The lowest BCUT2D eigenvalue weighted by Gasteiger charge is -2.08. The van der Waals surface area contributed by atoms with E-state index in [0.29, 0.717) is 5.92 Å². The monoisotopic (exact) mass is 319 g/mol. The third-order valence-electron chi connectivity index (χ3n) is 2.96. The van der Waals surface area contributed by atoms with Gasteiger partial charge in [-0.2, -0.15) is 4.37 Å². The molecule has 3 aromatic heterocycles. The fourth-order valence-electron chi connectivity index (χ4n) is 2.04. The van der Waals surface area contributed by atoms with E-state index in [1.54, 1.807) is 18.1 Å². The van der Waals surface area contributed by atoms with Crippen LogP contribution in [0, 0.1) is 5.92 Å². The molecule has 0 bridgehead atoms. The Morgan fingerprint density at radius 3 is 3.05 bits per heavy atom. The van der Waals surface area contributed by atoms with Crippen LogP contribution in [0.15, 0.2) is 40.1 Å². The molecule has 0 unspecified atom stereocenters. The molecule has 0 saturated heterocycles. The first-order valence-electron chi connectivity index (χ1n) is 6.85. The van der Waals surface area contributed by atoms with Crippen molar-refractivity contribution in [1.29, 1.82) is 0 Å². The van der Waals surface area contributed by atoms with Crippen LogP contribution in [0.3, 0.4) is 0 Å². The normalized spacial score (nSPS) is 11.6. The zero-order valence-corrected chi connectivity index (χ0v) is 13.6. The van der Waals surface area contributed by atoms with Crippen LogP contribution >= 0.6 is 23.3 Å². The molecule has 21 heavy (non-hydrogen) atoms. The lowest BCUT2D eigenvalue weighted by atomic mass is 10.2. The van der Waals surface area contributed by atoms with Gasteiger partial charge < -0.3 is 9.72 Å². The maximum Gasteiger partial charge on any atom is 0.176 e. The summed E-state index contributed by atoms with van der Waals surface area (Å²) in [4.78, 5) is 8.94. The van der Waals surface area contributed by atoms with E-state index in [0.717, 1.165) is 28.1 Å². The third-order valence-corrected chi connectivity index (χ3v) is 4.70. The molecule has 5 nitrogen and oxygen atoms in total. The average Bonchev–Trinajstić information content (AvgIpc) is 3.07.